The molecule has 3 aromatic carbocycles. The Kier molecular flexibility index (Phi) is 3.27. The summed E-state index contributed by atoms with van der Waals surface area (Å²) in [5.41, 5.74) is 1.50. The summed E-state index contributed by atoms with van der Waals surface area (Å²) >= 11 is 3.42. The van der Waals surface area contributed by atoms with E-state index in [1.165, 1.54) is 0 Å². The van der Waals surface area contributed by atoms with Crippen LogP contribution in [-0.2, 0) is 0 Å². The lowest BCUT2D eigenvalue weighted by atomic mass is 10.1. The van der Waals surface area contributed by atoms with E-state index in [0.717, 1.165) is 20.9 Å². The maximum absolute atomic E-state index is 12.9. The first kappa shape index (κ1) is 14.2. The lowest BCUT2D eigenvalue weighted by molar-refractivity contribution is 0.896. The maximum Gasteiger partial charge on any atom is 0.265 e. The van der Waals surface area contributed by atoms with Crippen LogP contribution in [0.2, 0.25) is 0 Å². The van der Waals surface area contributed by atoms with Crippen LogP contribution in [0, 0.1) is 6.92 Å². The topological polar surface area (TPSA) is 34.9 Å². The Bertz CT molecular complexity index is 1120. The van der Waals surface area contributed by atoms with Gasteiger partial charge in [0.05, 0.1) is 16.6 Å². The lowest BCUT2D eigenvalue weighted by Gasteiger charge is -2.12. The second-order valence-corrected chi connectivity index (χ2v) is 6.41. The van der Waals surface area contributed by atoms with Crippen LogP contribution < -0.4 is 5.56 Å². The number of hydrogen-bond acceptors (Lipinski definition) is 2. The highest BCUT2D eigenvalue weighted by atomic mass is 79.9. The van der Waals surface area contributed by atoms with E-state index < -0.39 is 0 Å². The van der Waals surface area contributed by atoms with Crippen LogP contribution in [0.3, 0.4) is 0 Å². The second-order valence-electron chi connectivity index (χ2n) is 5.49. The SMILES string of the molecule is Cc1nc2ccc(Br)cc2c(=O)n1-c1ccc2ccccc2c1. The summed E-state index contributed by atoms with van der Waals surface area (Å²) in [7, 11) is 0. The van der Waals surface area contributed by atoms with E-state index in [9.17, 15) is 4.79 Å². The molecule has 4 heteroatoms. The van der Waals surface area contributed by atoms with Crippen molar-refractivity contribution in [3.8, 4) is 5.69 Å². The molecule has 112 valence electrons. The molecular formula is C19H13BrN2O. The first-order chi connectivity index (χ1) is 11.1. The standard InChI is InChI=1S/C19H13BrN2O/c1-12-21-18-9-7-15(20)11-17(18)19(23)22(12)16-8-6-13-4-2-3-5-14(13)10-16/h2-11H,1H3. The Morgan fingerprint density at radius 3 is 2.57 bits per heavy atom. The van der Waals surface area contributed by atoms with E-state index in [4.69, 9.17) is 0 Å². The predicted molar refractivity (Wildman–Crippen MR) is 97.3 cm³/mol. The molecule has 0 bridgehead atoms. The van der Waals surface area contributed by atoms with Gasteiger partial charge >= 0.3 is 0 Å². The van der Waals surface area contributed by atoms with Gasteiger partial charge in [-0.05, 0) is 48.0 Å². The number of halogens is 1. The van der Waals surface area contributed by atoms with Gasteiger partial charge in [0.1, 0.15) is 5.82 Å². The molecule has 1 heterocycles. The zero-order chi connectivity index (χ0) is 16.0. The minimum Gasteiger partial charge on any atom is -0.268 e. The first-order valence-corrected chi connectivity index (χ1v) is 8.11. The summed E-state index contributed by atoms with van der Waals surface area (Å²) in [4.78, 5) is 17.5. The quantitative estimate of drug-likeness (QED) is 0.494. The van der Waals surface area contributed by atoms with Crippen LogP contribution in [0.5, 0.6) is 0 Å². The highest BCUT2D eigenvalue weighted by Gasteiger charge is 2.10. The minimum absolute atomic E-state index is 0.0518. The lowest BCUT2D eigenvalue weighted by Crippen LogP contribution is -2.22. The molecule has 0 aliphatic carbocycles. The smallest absolute Gasteiger partial charge is 0.265 e. The van der Waals surface area contributed by atoms with Crippen LogP contribution >= 0.6 is 15.9 Å². The highest BCUT2D eigenvalue weighted by Crippen LogP contribution is 2.20. The molecule has 4 aromatic rings. The monoisotopic (exact) mass is 364 g/mol. The zero-order valence-electron chi connectivity index (χ0n) is 12.5. The van der Waals surface area contributed by atoms with Gasteiger partial charge in [-0.2, -0.15) is 0 Å². The van der Waals surface area contributed by atoms with Crippen molar-refractivity contribution in [3.63, 3.8) is 0 Å². The van der Waals surface area contributed by atoms with Gasteiger partial charge in [0.2, 0.25) is 0 Å². The average molecular weight is 365 g/mol. The molecule has 0 fully saturated rings. The second kappa shape index (κ2) is 5.32. The molecule has 0 saturated carbocycles. The van der Waals surface area contributed by atoms with E-state index in [0.29, 0.717) is 16.7 Å². The van der Waals surface area contributed by atoms with Crippen molar-refractivity contribution in [3.05, 3.63) is 81.3 Å². The van der Waals surface area contributed by atoms with Crippen molar-refractivity contribution < 1.29 is 0 Å². The van der Waals surface area contributed by atoms with Crippen LogP contribution in [-0.4, -0.2) is 9.55 Å². The van der Waals surface area contributed by atoms with Crippen molar-refractivity contribution in [2.75, 3.05) is 0 Å². The average Bonchev–Trinajstić information content (AvgIpc) is 2.56. The molecule has 0 amide bonds. The van der Waals surface area contributed by atoms with Gasteiger partial charge in [0, 0.05) is 4.47 Å². The van der Waals surface area contributed by atoms with Gasteiger partial charge in [-0.25, -0.2) is 4.98 Å². The largest absolute Gasteiger partial charge is 0.268 e. The fraction of sp³-hybridized carbons (Fsp3) is 0.0526. The number of fused-ring (bicyclic) bond motifs is 2. The molecular weight excluding hydrogens is 352 g/mol. The van der Waals surface area contributed by atoms with Gasteiger partial charge in [-0.3, -0.25) is 9.36 Å². The summed E-state index contributed by atoms with van der Waals surface area (Å²) in [5, 5.41) is 2.86. The van der Waals surface area contributed by atoms with E-state index in [1.807, 2.05) is 61.5 Å². The molecule has 1 aromatic heterocycles. The molecule has 0 spiro atoms. The van der Waals surface area contributed by atoms with Crippen molar-refractivity contribution in [1.29, 1.82) is 0 Å². The Morgan fingerprint density at radius 2 is 1.74 bits per heavy atom. The molecule has 23 heavy (non-hydrogen) atoms. The Hall–Kier alpha value is -2.46. The molecule has 4 rings (SSSR count). The van der Waals surface area contributed by atoms with Gasteiger partial charge in [0.25, 0.3) is 5.56 Å². The summed E-state index contributed by atoms with van der Waals surface area (Å²) in [6, 6.07) is 19.7. The number of nitrogens with zero attached hydrogens (tertiary/aromatic N) is 2. The fourth-order valence-electron chi connectivity index (χ4n) is 2.89. The third-order valence-corrected chi connectivity index (χ3v) is 4.48. The molecule has 0 aliphatic heterocycles. The Morgan fingerprint density at radius 1 is 0.957 bits per heavy atom. The number of aryl methyl sites for hydroxylation is 1. The normalized spacial score (nSPS) is 11.2. The van der Waals surface area contributed by atoms with Gasteiger partial charge in [-0.15, -0.1) is 0 Å². The van der Waals surface area contributed by atoms with E-state index in [1.54, 1.807) is 4.57 Å². The molecule has 0 atom stereocenters. The molecule has 0 radical (unpaired) electrons. The predicted octanol–water partition coefficient (Wildman–Crippen LogP) is 4.61. The van der Waals surface area contributed by atoms with Crippen LogP contribution in [0.4, 0.5) is 0 Å². The van der Waals surface area contributed by atoms with Crippen LogP contribution in [0.1, 0.15) is 5.82 Å². The third kappa shape index (κ3) is 2.35. The Balaban J connectivity index is 2.05. The van der Waals surface area contributed by atoms with Gasteiger partial charge in [0.15, 0.2) is 0 Å². The number of benzene rings is 3. The number of hydrogen-bond donors (Lipinski definition) is 0. The van der Waals surface area contributed by atoms with Crippen molar-refractivity contribution in [2.24, 2.45) is 0 Å². The number of rotatable bonds is 1. The van der Waals surface area contributed by atoms with E-state index >= 15 is 0 Å². The molecule has 0 N–H and O–H groups in total. The summed E-state index contributed by atoms with van der Waals surface area (Å²) in [6.07, 6.45) is 0. The van der Waals surface area contributed by atoms with Crippen molar-refractivity contribution >= 4 is 37.6 Å². The van der Waals surface area contributed by atoms with Crippen LogP contribution in [0.25, 0.3) is 27.4 Å². The first-order valence-electron chi connectivity index (χ1n) is 7.31. The van der Waals surface area contributed by atoms with Crippen molar-refractivity contribution in [1.82, 2.24) is 9.55 Å². The molecule has 0 aliphatic rings. The summed E-state index contributed by atoms with van der Waals surface area (Å²) < 4.78 is 2.54. The molecule has 3 nitrogen and oxygen atoms in total. The van der Waals surface area contributed by atoms with E-state index in [-0.39, 0.29) is 5.56 Å². The van der Waals surface area contributed by atoms with Gasteiger partial charge in [-0.1, -0.05) is 46.3 Å². The van der Waals surface area contributed by atoms with Gasteiger partial charge < -0.3 is 0 Å². The number of aromatic nitrogens is 2. The maximum atomic E-state index is 12.9. The fourth-order valence-corrected chi connectivity index (χ4v) is 3.25. The summed E-state index contributed by atoms with van der Waals surface area (Å²) in [6.45, 7) is 1.86. The summed E-state index contributed by atoms with van der Waals surface area (Å²) in [5.74, 6) is 0.681. The zero-order valence-corrected chi connectivity index (χ0v) is 14.0. The highest BCUT2D eigenvalue weighted by molar-refractivity contribution is 9.10. The molecule has 0 unspecified atom stereocenters. The van der Waals surface area contributed by atoms with Crippen LogP contribution in [0.15, 0.2) is 69.9 Å². The third-order valence-electron chi connectivity index (χ3n) is 3.99. The Labute approximate surface area is 141 Å². The van der Waals surface area contributed by atoms with E-state index in [2.05, 4.69) is 27.0 Å². The minimum atomic E-state index is -0.0518. The molecule has 0 saturated heterocycles. The van der Waals surface area contributed by atoms with Crippen molar-refractivity contribution in [2.45, 2.75) is 6.92 Å².